The van der Waals surface area contributed by atoms with E-state index in [1.165, 1.54) is 45.3 Å². The molecule has 1 atom stereocenters. The number of nitrogens with zero attached hydrogens (tertiary/aromatic N) is 1. The highest BCUT2D eigenvalue weighted by molar-refractivity contribution is 5.28. The van der Waals surface area contributed by atoms with Gasteiger partial charge in [-0.1, -0.05) is 24.3 Å². The molecule has 1 aromatic rings. The highest BCUT2D eigenvalue weighted by Gasteiger charge is 2.20. The molecule has 0 bridgehead atoms. The Balaban J connectivity index is 1.67. The van der Waals surface area contributed by atoms with Crippen LogP contribution in [-0.2, 0) is 13.0 Å². The maximum absolute atomic E-state index is 3.61. The molecule has 92 valence electrons. The summed E-state index contributed by atoms with van der Waals surface area (Å²) in [5.41, 5.74) is 3.11. The van der Waals surface area contributed by atoms with Gasteiger partial charge in [-0.2, -0.15) is 0 Å². The summed E-state index contributed by atoms with van der Waals surface area (Å²) in [5.74, 6) is 0. The lowest BCUT2D eigenvalue weighted by Gasteiger charge is -2.24. The zero-order valence-electron chi connectivity index (χ0n) is 10.5. The maximum Gasteiger partial charge on any atom is 0.0237 e. The van der Waals surface area contributed by atoms with Crippen LogP contribution < -0.4 is 5.32 Å². The molecule has 0 unspecified atom stereocenters. The average molecular weight is 230 g/mol. The van der Waals surface area contributed by atoms with Gasteiger partial charge in [0.2, 0.25) is 0 Å². The second kappa shape index (κ2) is 5.19. The first-order valence-electron chi connectivity index (χ1n) is 6.94. The van der Waals surface area contributed by atoms with Crippen molar-refractivity contribution in [2.45, 2.75) is 38.3 Å². The lowest BCUT2D eigenvalue weighted by atomic mass is 10.0. The minimum absolute atomic E-state index is 0.736. The van der Waals surface area contributed by atoms with Crippen LogP contribution >= 0.6 is 0 Å². The van der Waals surface area contributed by atoms with Gasteiger partial charge in [-0.25, -0.2) is 0 Å². The molecule has 2 aliphatic rings. The van der Waals surface area contributed by atoms with E-state index in [1.807, 2.05) is 0 Å². The molecular formula is C15H22N2. The Morgan fingerprint density at radius 1 is 1.18 bits per heavy atom. The highest BCUT2D eigenvalue weighted by atomic mass is 15.2. The van der Waals surface area contributed by atoms with Gasteiger partial charge >= 0.3 is 0 Å². The van der Waals surface area contributed by atoms with Gasteiger partial charge in [0.05, 0.1) is 0 Å². The molecule has 1 aromatic carbocycles. The van der Waals surface area contributed by atoms with Crippen LogP contribution in [0.2, 0.25) is 0 Å². The lowest BCUT2D eigenvalue weighted by Crippen LogP contribution is -2.37. The lowest BCUT2D eigenvalue weighted by molar-refractivity contribution is 0.245. The van der Waals surface area contributed by atoms with Crippen LogP contribution in [-0.4, -0.2) is 30.6 Å². The van der Waals surface area contributed by atoms with Crippen LogP contribution in [0.1, 0.15) is 30.4 Å². The SMILES string of the molecule is c1ccc2c(c1)CCCN(C[C@H]1CCCN1)C2. The van der Waals surface area contributed by atoms with E-state index in [1.54, 1.807) is 11.1 Å². The second-order valence-electron chi connectivity index (χ2n) is 5.40. The van der Waals surface area contributed by atoms with Crippen LogP contribution in [0.4, 0.5) is 0 Å². The molecule has 0 saturated carbocycles. The van der Waals surface area contributed by atoms with Gasteiger partial charge < -0.3 is 5.32 Å². The topological polar surface area (TPSA) is 15.3 Å². The Bertz CT molecular complexity index is 369. The molecule has 3 rings (SSSR count). The van der Waals surface area contributed by atoms with Crippen LogP contribution in [0.5, 0.6) is 0 Å². The standard InChI is InChI=1S/C15H22N2/c1-2-6-14-11-17(10-4-7-13(14)5-1)12-15-8-3-9-16-15/h1-2,5-6,15-16H,3-4,7-12H2/t15-/m1/s1. The number of rotatable bonds is 2. The number of benzene rings is 1. The van der Waals surface area contributed by atoms with E-state index in [0.717, 1.165) is 12.6 Å². The Kier molecular flexibility index (Phi) is 3.44. The summed E-state index contributed by atoms with van der Waals surface area (Å²) in [6, 6.07) is 9.69. The molecule has 17 heavy (non-hydrogen) atoms. The summed E-state index contributed by atoms with van der Waals surface area (Å²) in [6.45, 7) is 4.85. The Morgan fingerprint density at radius 2 is 2.06 bits per heavy atom. The van der Waals surface area contributed by atoms with Gasteiger partial charge in [0.1, 0.15) is 0 Å². The number of aryl methyl sites for hydroxylation is 1. The molecule has 2 nitrogen and oxygen atoms in total. The van der Waals surface area contributed by atoms with Crippen molar-refractivity contribution in [1.82, 2.24) is 10.2 Å². The van der Waals surface area contributed by atoms with Gasteiger partial charge in [0.15, 0.2) is 0 Å². The zero-order chi connectivity index (χ0) is 11.5. The first kappa shape index (κ1) is 11.2. The molecule has 2 heteroatoms. The van der Waals surface area contributed by atoms with E-state index in [0.29, 0.717) is 0 Å². The number of hydrogen-bond donors (Lipinski definition) is 1. The fourth-order valence-electron chi connectivity index (χ4n) is 3.15. The molecular weight excluding hydrogens is 208 g/mol. The molecule has 0 aliphatic carbocycles. The summed E-state index contributed by atoms with van der Waals surface area (Å²) in [6.07, 6.45) is 5.28. The second-order valence-corrected chi connectivity index (χ2v) is 5.40. The number of fused-ring (bicyclic) bond motifs is 1. The van der Waals surface area contributed by atoms with Crippen molar-refractivity contribution in [3.05, 3.63) is 35.4 Å². The molecule has 2 aliphatic heterocycles. The smallest absolute Gasteiger partial charge is 0.0237 e. The third-order valence-electron chi connectivity index (χ3n) is 4.07. The Hall–Kier alpha value is -0.860. The Labute approximate surface area is 104 Å². The van der Waals surface area contributed by atoms with Gasteiger partial charge in [0.25, 0.3) is 0 Å². The van der Waals surface area contributed by atoms with Crippen LogP contribution in [0, 0.1) is 0 Å². The summed E-state index contributed by atoms with van der Waals surface area (Å²) < 4.78 is 0. The predicted molar refractivity (Wildman–Crippen MR) is 71.1 cm³/mol. The van der Waals surface area contributed by atoms with Crippen molar-refractivity contribution in [2.24, 2.45) is 0 Å². The Morgan fingerprint density at radius 3 is 2.88 bits per heavy atom. The predicted octanol–water partition coefficient (Wildman–Crippen LogP) is 2.19. The first-order chi connectivity index (χ1) is 8.42. The fraction of sp³-hybridized carbons (Fsp3) is 0.600. The van der Waals surface area contributed by atoms with E-state index in [-0.39, 0.29) is 0 Å². The van der Waals surface area contributed by atoms with Crippen molar-refractivity contribution in [2.75, 3.05) is 19.6 Å². The van der Waals surface area contributed by atoms with E-state index < -0.39 is 0 Å². The van der Waals surface area contributed by atoms with E-state index in [4.69, 9.17) is 0 Å². The summed E-state index contributed by atoms with van der Waals surface area (Å²) >= 11 is 0. The summed E-state index contributed by atoms with van der Waals surface area (Å²) in [4.78, 5) is 2.63. The highest BCUT2D eigenvalue weighted by Crippen LogP contribution is 2.19. The quantitative estimate of drug-likeness (QED) is 0.838. The third kappa shape index (κ3) is 2.70. The van der Waals surface area contributed by atoms with E-state index in [2.05, 4.69) is 34.5 Å². The molecule has 0 spiro atoms. The van der Waals surface area contributed by atoms with Gasteiger partial charge in [-0.15, -0.1) is 0 Å². The molecule has 1 saturated heterocycles. The van der Waals surface area contributed by atoms with Crippen LogP contribution in [0.25, 0.3) is 0 Å². The maximum atomic E-state index is 3.61. The van der Waals surface area contributed by atoms with Crippen molar-refractivity contribution in [1.29, 1.82) is 0 Å². The monoisotopic (exact) mass is 230 g/mol. The van der Waals surface area contributed by atoms with E-state index in [9.17, 15) is 0 Å². The van der Waals surface area contributed by atoms with Crippen molar-refractivity contribution < 1.29 is 0 Å². The van der Waals surface area contributed by atoms with Crippen molar-refractivity contribution >= 4 is 0 Å². The summed E-state index contributed by atoms with van der Waals surface area (Å²) in [7, 11) is 0. The zero-order valence-corrected chi connectivity index (χ0v) is 10.5. The van der Waals surface area contributed by atoms with Gasteiger partial charge in [-0.05, 0) is 49.9 Å². The largest absolute Gasteiger partial charge is 0.313 e. The third-order valence-corrected chi connectivity index (χ3v) is 4.07. The first-order valence-corrected chi connectivity index (χ1v) is 6.94. The number of nitrogens with one attached hydrogen (secondary N) is 1. The fourth-order valence-corrected chi connectivity index (χ4v) is 3.15. The molecule has 0 amide bonds. The molecule has 1 N–H and O–H groups in total. The molecule has 0 radical (unpaired) electrons. The van der Waals surface area contributed by atoms with Gasteiger partial charge in [-0.3, -0.25) is 4.90 Å². The molecule has 0 aromatic heterocycles. The van der Waals surface area contributed by atoms with Gasteiger partial charge in [0, 0.05) is 19.1 Å². The van der Waals surface area contributed by atoms with Crippen LogP contribution in [0.15, 0.2) is 24.3 Å². The normalized spacial score (nSPS) is 25.5. The minimum atomic E-state index is 0.736. The van der Waals surface area contributed by atoms with E-state index >= 15 is 0 Å². The van der Waals surface area contributed by atoms with Crippen LogP contribution in [0.3, 0.4) is 0 Å². The van der Waals surface area contributed by atoms with Crippen molar-refractivity contribution in [3.8, 4) is 0 Å². The average Bonchev–Trinajstić information content (AvgIpc) is 2.76. The van der Waals surface area contributed by atoms with Crippen molar-refractivity contribution in [3.63, 3.8) is 0 Å². The molecule has 1 fully saturated rings. The number of hydrogen-bond acceptors (Lipinski definition) is 2. The molecule has 2 heterocycles. The minimum Gasteiger partial charge on any atom is -0.313 e. The summed E-state index contributed by atoms with van der Waals surface area (Å²) in [5, 5.41) is 3.61.